The number of alkyl halides is 3. The molecule has 0 aromatic heterocycles. The van der Waals surface area contributed by atoms with Crippen LogP contribution in [0.3, 0.4) is 0 Å². The third-order valence-corrected chi connectivity index (χ3v) is 1.70. The van der Waals surface area contributed by atoms with Crippen molar-refractivity contribution in [3.8, 4) is 0 Å². The van der Waals surface area contributed by atoms with Gasteiger partial charge in [0.1, 0.15) is 0 Å². The molecule has 0 aromatic carbocycles. The summed E-state index contributed by atoms with van der Waals surface area (Å²) in [6.45, 7) is 0.944. The van der Waals surface area contributed by atoms with Crippen molar-refractivity contribution in [2.45, 2.75) is 20.0 Å². The average molecular weight is 184 g/mol. The highest BCUT2D eigenvalue weighted by atomic mass is 19.4. The van der Waals surface area contributed by atoms with Gasteiger partial charge >= 0.3 is 12.1 Å². The van der Waals surface area contributed by atoms with E-state index in [1.165, 1.54) is 0 Å². The molecule has 0 saturated heterocycles. The Bertz CT molecular complexity index is 205. The van der Waals surface area contributed by atoms with Crippen molar-refractivity contribution < 1.29 is 27.9 Å². The van der Waals surface area contributed by atoms with Crippen LogP contribution in [0.2, 0.25) is 0 Å². The van der Waals surface area contributed by atoms with Gasteiger partial charge in [-0.25, -0.2) is 0 Å². The summed E-state index contributed by atoms with van der Waals surface area (Å²) in [5, 5.41) is 8.20. The van der Waals surface area contributed by atoms with Crippen molar-refractivity contribution in [1.29, 1.82) is 0 Å². The second kappa shape index (κ2) is 2.76. The summed E-state index contributed by atoms with van der Waals surface area (Å²) in [5.41, 5.74) is -3.28. The number of carbonyl (C=O) groups is 2. The fourth-order valence-electron chi connectivity index (χ4n) is 0.471. The van der Waals surface area contributed by atoms with E-state index in [1.54, 1.807) is 0 Å². The first-order chi connectivity index (χ1) is 5.14. The molecular formula is C6H7F3O3. The van der Waals surface area contributed by atoms with E-state index in [0.29, 0.717) is 13.8 Å². The minimum absolute atomic E-state index is 0.345. The van der Waals surface area contributed by atoms with Crippen LogP contribution in [0.25, 0.3) is 0 Å². The highest BCUT2D eigenvalue weighted by molar-refractivity contribution is 6.02. The SMILES string of the molecule is CC(=O)C(C)(C(=O)O)C(F)(F)F. The normalized spacial score (nSPS) is 16.8. The van der Waals surface area contributed by atoms with Crippen LogP contribution in [0, 0.1) is 5.41 Å². The second-order valence-corrected chi connectivity index (χ2v) is 2.48. The van der Waals surface area contributed by atoms with E-state index in [0.717, 1.165) is 0 Å². The van der Waals surface area contributed by atoms with Gasteiger partial charge in [-0.1, -0.05) is 0 Å². The lowest BCUT2D eigenvalue weighted by molar-refractivity contribution is -0.221. The molecule has 0 aliphatic heterocycles. The van der Waals surface area contributed by atoms with Crippen LogP contribution in [0.4, 0.5) is 13.2 Å². The van der Waals surface area contributed by atoms with E-state index >= 15 is 0 Å². The van der Waals surface area contributed by atoms with Crippen molar-refractivity contribution in [2.24, 2.45) is 5.41 Å². The molecule has 0 amide bonds. The topological polar surface area (TPSA) is 54.4 Å². The molecule has 3 nitrogen and oxygen atoms in total. The summed E-state index contributed by atoms with van der Waals surface area (Å²) in [5.74, 6) is -3.61. The standard InChI is InChI=1S/C6H7F3O3/c1-3(10)5(2,4(11)12)6(7,8)9/h1-2H3,(H,11,12). The first-order valence-electron chi connectivity index (χ1n) is 2.95. The number of hydrogen-bond donors (Lipinski definition) is 1. The maximum absolute atomic E-state index is 12.0. The second-order valence-electron chi connectivity index (χ2n) is 2.48. The lowest BCUT2D eigenvalue weighted by Gasteiger charge is -2.24. The Morgan fingerprint density at radius 1 is 1.25 bits per heavy atom. The van der Waals surface area contributed by atoms with E-state index in [9.17, 15) is 22.8 Å². The highest BCUT2D eigenvalue weighted by Crippen LogP contribution is 2.38. The van der Waals surface area contributed by atoms with Crippen LogP contribution < -0.4 is 0 Å². The number of rotatable bonds is 2. The Labute approximate surface area is 66.2 Å². The maximum atomic E-state index is 12.0. The summed E-state index contributed by atoms with van der Waals surface area (Å²) in [6.07, 6.45) is -5.05. The number of carboxylic acids is 1. The molecule has 6 heteroatoms. The lowest BCUT2D eigenvalue weighted by Crippen LogP contribution is -2.47. The smallest absolute Gasteiger partial charge is 0.411 e. The van der Waals surface area contributed by atoms with E-state index < -0.39 is 23.3 Å². The van der Waals surface area contributed by atoms with Crippen LogP contribution >= 0.6 is 0 Å². The lowest BCUT2D eigenvalue weighted by atomic mass is 9.86. The summed E-state index contributed by atoms with van der Waals surface area (Å²) in [6, 6.07) is 0. The van der Waals surface area contributed by atoms with Crippen LogP contribution in [-0.2, 0) is 9.59 Å². The molecule has 0 bridgehead atoms. The molecular weight excluding hydrogens is 177 g/mol. The molecule has 70 valence electrons. The van der Waals surface area contributed by atoms with Crippen molar-refractivity contribution >= 4 is 11.8 Å². The van der Waals surface area contributed by atoms with Crippen LogP contribution in [-0.4, -0.2) is 23.0 Å². The van der Waals surface area contributed by atoms with Gasteiger partial charge in [0.25, 0.3) is 0 Å². The van der Waals surface area contributed by atoms with E-state index in [4.69, 9.17) is 5.11 Å². The summed E-state index contributed by atoms with van der Waals surface area (Å²) in [4.78, 5) is 20.6. The molecule has 1 atom stereocenters. The molecule has 0 radical (unpaired) electrons. The Kier molecular flexibility index (Phi) is 2.52. The van der Waals surface area contributed by atoms with Gasteiger partial charge in [0.15, 0.2) is 5.78 Å². The molecule has 0 saturated carbocycles. The minimum Gasteiger partial charge on any atom is -0.480 e. The Balaban J connectivity index is 5.17. The Morgan fingerprint density at radius 2 is 1.58 bits per heavy atom. The fraction of sp³-hybridized carbons (Fsp3) is 0.667. The largest absolute Gasteiger partial charge is 0.480 e. The number of aliphatic carboxylic acids is 1. The fourth-order valence-corrected chi connectivity index (χ4v) is 0.471. The molecule has 0 fully saturated rings. The molecule has 0 spiro atoms. The van der Waals surface area contributed by atoms with Gasteiger partial charge in [-0.15, -0.1) is 0 Å². The molecule has 0 aromatic rings. The predicted octanol–water partition coefficient (Wildman–Crippen LogP) is 1.23. The number of carbonyl (C=O) groups excluding carboxylic acids is 1. The predicted molar refractivity (Wildman–Crippen MR) is 32.5 cm³/mol. The zero-order valence-corrected chi connectivity index (χ0v) is 6.40. The average Bonchev–Trinajstić information content (AvgIpc) is 1.82. The number of hydrogen-bond acceptors (Lipinski definition) is 2. The van der Waals surface area contributed by atoms with E-state index in [-0.39, 0.29) is 0 Å². The number of ketones is 1. The highest BCUT2D eigenvalue weighted by Gasteiger charge is 2.60. The molecule has 12 heavy (non-hydrogen) atoms. The van der Waals surface area contributed by atoms with Gasteiger partial charge < -0.3 is 5.11 Å². The minimum atomic E-state index is -5.05. The zero-order valence-electron chi connectivity index (χ0n) is 6.40. The van der Waals surface area contributed by atoms with Crippen molar-refractivity contribution in [1.82, 2.24) is 0 Å². The van der Waals surface area contributed by atoms with Gasteiger partial charge in [-0.05, 0) is 13.8 Å². The quantitative estimate of drug-likeness (QED) is 0.656. The maximum Gasteiger partial charge on any atom is 0.411 e. The van der Waals surface area contributed by atoms with Crippen molar-refractivity contribution in [2.75, 3.05) is 0 Å². The Hall–Kier alpha value is -1.07. The number of carboxylic acid groups (broad SMARTS) is 1. The van der Waals surface area contributed by atoms with Gasteiger partial charge in [0.05, 0.1) is 0 Å². The van der Waals surface area contributed by atoms with Crippen molar-refractivity contribution in [3.63, 3.8) is 0 Å². The Morgan fingerprint density at radius 3 is 1.58 bits per heavy atom. The summed E-state index contributed by atoms with van der Waals surface area (Å²) < 4.78 is 36.0. The third kappa shape index (κ3) is 1.41. The summed E-state index contributed by atoms with van der Waals surface area (Å²) in [7, 11) is 0. The van der Waals surface area contributed by atoms with Crippen LogP contribution in [0.1, 0.15) is 13.8 Å². The summed E-state index contributed by atoms with van der Waals surface area (Å²) >= 11 is 0. The molecule has 0 aliphatic rings. The monoisotopic (exact) mass is 184 g/mol. The van der Waals surface area contributed by atoms with Gasteiger partial charge in [-0.2, -0.15) is 13.2 Å². The zero-order chi connectivity index (χ0) is 10.2. The first kappa shape index (κ1) is 10.9. The number of halogens is 3. The molecule has 0 aliphatic carbocycles. The first-order valence-corrected chi connectivity index (χ1v) is 2.95. The van der Waals surface area contributed by atoms with Gasteiger partial charge in [0.2, 0.25) is 5.41 Å². The number of Topliss-reactive ketones (excluding diaryl/α,β-unsaturated/α-hetero) is 1. The molecule has 0 heterocycles. The van der Waals surface area contributed by atoms with E-state index in [1.807, 2.05) is 0 Å². The van der Waals surface area contributed by atoms with E-state index in [2.05, 4.69) is 0 Å². The van der Waals surface area contributed by atoms with Gasteiger partial charge in [0, 0.05) is 0 Å². The van der Waals surface area contributed by atoms with Crippen molar-refractivity contribution in [3.05, 3.63) is 0 Å². The molecule has 0 rings (SSSR count). The van der Waals surface area contributed by atoms with Crippen LogP contribution in [0.15, 0.2) is 0 Å². The molecule has 1 unspecified atom stereocenters. The third-order valence-electron chi connectivity index (χ3n) is 1.70. The van der Waals surface area contributed by atoms with Gasteiger partial charge in [-0.3, -0.25) is 9.59 Å². The van der Waals surface area contributed by atoms with Crippen LogP contribution in [0.5, 0.6) is 0 Å². The molecule has 1 N–H and O–H groups in total.